The molecule has 0 unspecified atom stereocenters. The minimum atomic E-state index is 0.213. The fourth-order valence-electron chi connectivity index (χ4n) is 3.63. The second-order valence-electron chi connectivity index (χ2n) is 7.57. The van der Waals surface area contributed by atoms with Gasteiger partial charge in [0.15, 0.2) is 5.82 Å². The SMILES string of the molecule is CCOc1ccc(-n2nnnc2CN2CCN(C(=O)CSCc3ccccc3)CC2)cc1. The average molecular weight is 453 g/mol. The Morgan fingerprint density at radius 3 is 2.50 bits per heavy atom. The van der Waals surface area contributed by atoms with Gasteiger partial charge in [-0.25, -0.2) is 0 Å². The molecule has 2 heterocycles. The molecule has 1 aliphatic rings. The Hall–Kier alpha value is -2.91. The van der Waals surface area contributed by atoms with E-state index in [1.165, 1.54) is 5.56 Å². The van der Waals surface area contributed by atoms with Crippen molar-refractivity contribution in [3.05, 3.63) is 66.0 Å². The third-order valence-electron chi connectivity index (χ3n) is 5.35. The summed E-state index contributed by atoms with van der Waals surface area (Å²) < 4.78 is 7.26. The highest BCUT2D eigenvalue weighted by Crippen LogP contribution is 2.17. The van der Waals surface area contributed by atoms with Gasteiger partial charge in [-0.2, -0.15) is 4.68 Å². The Morgan fingerprint density at radius 1 is 1.03 bits per heavy atom. The third kappa shape index (κ3) is 5.86. The van der Waals surface area contributed by atoms with Crippen molar-refractivity contribution in [3.8, 4) is 11.4 Å². The first-order chi connectivity index (χ1) is 15.7. The Bertz CT molecular complexity index is 987. The van der Waals surface area contributed by atoms with Gasteiger partial charge in [0.2, 0.25) is 5.91 Å². The monoisotopic (exact) mass is 452 g/mol. The fraction of sp³-hybridized carbons (Fsp3) is 0.391. The number of benzene rings is 2. The van der Waals surface area contributed by atoms with Gasteiger partial charge in [-0.3, -0.25) is 9.69 Å². The lowest BCUT2D eigenvalue weighted by Crippen LogP contribution is -2.49. The molecule has 4 rings (SSSR count). The van der Waals surface area contributed by atoms with E-state index in [1.807, 2.05) is 54.3 Å². The summed E-state index contributed by atoms with van der Waals surface area (Å²) in [6.07, 6.45) is 0. The third-order valence-corrected chi connectivity index (χ3v) is 6.34. The van der Waals surface area contributed by atoms with Crippen molar-refractivity contribution in [1.82, 2.24) is 30.0 Å². The lowest BCUT2D eigenvalue weighted by Gasteiger charge is -2.34. The minimum absolute atomic E-state index is 0.213. The van der Waals surface area contributed by atoms with Gasteiger partial charge >= 0.3 is 0 Å². The molecule has 1 fully saturated rings. The molecule has 9 heteroatoms. The zero-order chi connectivity index (χ0) is 22.2. The topological polar surface area (TPSA) is 76.4 Å². The molecule has 0 aliphatic carbocycles. The van der Waals surface area contributed by atoms with Gasteiger partial charge in [-0.1, -0.05) is 30.3 Å². The first kappa shape index (κ1) is 22.3. The highest BCUT2D eigenvalue weighted by Gasteiger charge is 2.22. The predicted octanol–water partition coefficient (Wildman–Crippen LogP) is 2.64. The number of rotatable bonds is 9. The number of tetrazole rings is 1. The maximum atomic E-state index is 12.6. The Kier molecular flexibility index (Phi) is 7.73. The van der Waals surface area contributed by atoms with Crippen LogP contribution in [0.3, 0.4) is 0 Å². The summed E-state index contributed by atoms with van der Waals surface area (Å²) in [6.45, 7) is 6.33. The molecule has 1 aliphatic heterocycles. The van der Waals surface area contributed by atoms with E-state index in [0.717, 1.165) is 49.2 Å². The lowest BCUT2D eigenvalue weighted by atomic mass is 10.2. The Morgan fingerprint density at radius 2 is 1.78 bits per heavy atom. The zero-order valence-corrected chi connectivity index (χ0v) is 19.1. The predicted molar refractivity (Wildman–Crippen MR) is 125 cm³/mol. The zero-order valence-electron chi connectivity index (χ0n) is 18.3. The lowest BCUT2D eigenvalue weighted by molar-refractivity contribution is -0.130. The van der Waals surface area contributed by atoms with E-state index in [-0.39, 0.29) is 5.91 Å². The van der Waals surface area contributed by atoms with Gasteiger partial charge in [0.25, 0.3) is 0 Å². The number of nitrogens with zero attached hydrogens (tertiary/aromatic N) is 6. The maximum absolute atomic E-state index is 12.6. The normalized spacial score (nSPS) is 14.5. The summed E-state index contributed by atoms with van der Waals surface area (Å²) in [5.74, 6) is 3.21. The van der Waals surface area contributed by atoms with E-state index in [1.54, 1.807) is 16.4 Å². The first-order valence-electron chi connectivity index (χ1n) is 10.8. The molecule has 0 spiro atoms. The summed E-state index contributed by atoms with van der Waals surface area (Å²) in [5.41, 5.74) is 2.15. The number of ether oxygens (including phenoxy) is 1. The molecule has 32 heavy (non-hydrogen) atoms. The van der Waals surface area contributed by atoms with Crippen LogP contribution in [-0.4, -0.2) is 74.5 Å². The van der Waals surface area contributed by atoms with Crippen LogP contribution in [0, 0.1) is 0 Å². The molecule has 0 N–H and O–H groups in total. The minimum Gasteiger partial charge on any atom is -0.494 e. The summed E-state index contributed by atoms with van der Waals surface area (Å²) in [4.78, 5) is 16.8. The van der Waals surface area contributed by atoms with E-state index >= 15 is 0 Å². The van der Waals surface area contributed by atoms with Gasteiger partial charge in [-0.15, -0.1) is 16.9 Å². The van der Waals surface area contributed by atoms with Crippen molar-refractivity contribution >= 4 is 17.7 Å². The number of carbonyl (C=O) groups excluding carboxylic acids is 1. The second kappa shape index (κ2) is 11.1. The number of carbonyl (C=O) groups is 1. The van der Waals surface area contributed by atoms with Crippen LogP contribution in [-0.2, 0) is 17.1 Å². The van der Waals surface area contributed by atoms with Gasteiger partial charge in [0, 0.05) is 31.9 Å². The Labute approximate surface area is 192 Å². The average Bonchev–Trinajstić information content (AvgIpc) is 3.29. The fourth-order valence-corrected chi connectivity index (χ4v) is 4.52. The summed E-state index contributed by atoms with van der Waals surface area (Å²) >= 11 is 1.67. The van der Waals surface area contributed by atoms with Crippen molar-refractivity contribution < 1.29 is 9.53 Å². The smallest absolute Gasteiger partial charge is 0.232 e. The van der Waals surface area contributed by atoms with E-state index in [2.05, 4.69) is 32.6 Å². The van der Waals surface area contributed by atoms with Crippen LogP contribution < -0.4 is 4.74 Å². The van der Waals surface area contributed by atoms with Crippen LogP contribution in [0.25, 0.3) is 5.69 Å². The molecule has 0 saturated carbocycles. The number of piperazine rings is 1. The quantitative estimate of drug-likeness (QED) is 0.494. The number of thioether (sulfide) groups is 1. The molecule has 168 valence electrons. The summed E-state index contributed by atoms with van der Waals surface area (Å²) in [6, 6.07) is 18.0. The highest BCUT2D eigenvalue weighted by molar-refractivity contribution is 7.99. The van der Waals surface area contributed by atoms with Gasteiger partial charge < -0.3 is 9.64 Å². The largest absolute Gasteiger partial charge is 0.494 e. The van der Waals surface area contributed by atoms with Crippen molar-refractivity contribution in [2.75, 3.05) is 38.5 Å². The number of hydrogen-bond donors (Lipinski definition) is 0. The van der Waals surface area contributed by atoms with Crippen LogP contribution >= 0.6 is 11.8 Å². The second-order valence-corrected chi connectivity index (χ2v) is 8.55. The highest BCUT2D eigenvalue weighted by atomic mass is 32.2. The molecule has 0 bridgehead atoms. The number of hydrogen-bond acceptors (Lipinski definition) is 7. The molecular weight excluding hydrogens is 424 g/mol. The van der Waals surface area contributed by atoms with Crippen LogP contribution in [0.2, 0.25) is 0 Å². The number of aromatic nitrogens is 4. The van der Waals surface area contributed by atoms with E-state index in [0.29, 0.717) is 18.9 Å². The van der Waals surface area contributed by atoms with E-state index in [9.17, 15) is 4.79 Å². The van der Waals surface area contributed by atoms with Crippen molar-refractivity contribution in [2.45, 2.75) is 19.2 Å². The van der Waals surface area contributed by atoms with E-state index < -0.39 is 0 Å². The molecule has 0 radical (unpaired) electrons. The van der Waals surface area contributed by atoms with Crippen molar-refractivity contribution in [3.63, 3.8) is 0 Å². The summed E-state index contributed by atoms with van der Waals surface area (Å²) in [5, 5.41) is 12.2. The standard InChI is InChI=1S/C23H28N6O2S/c1-2-31-21-10-8-20(9-11-21)29-22(24-25-26-29)16-27-12-14-28(15-13-27)23(30)18-32-17-19-6-4-3-5-7-19/h3-11H,2,12-18H2,1H3. The first-order valence-corrected chi connectivity index (χ1v) is 12.0. The molecule has 0 atom stereocenters. The molecule has 1 saturated heterocycles. The van der Waals surface area contributed by atoms with Gasteiger partial charge in [0.05, 0.1) is 24.6 Å². The molecule has 2 aromatic carbocycles. The molecule has 1 amide bonds. The van der Waals surface area contributed by atoms with Crippen LogP contribution in [0.15, 0.2) is 54.6 Å². The molecule has 8 nitrogen and oxygen atoms in total. The molecular formula is C23H28N6O2S. The molecule has 3 aromatic rings. The van der Waals surface area contributed by atoms with Gasteiger partial charge in [-0.05, 0) is 47.2 Å². The van der Waals surface area contributed by atoms with Crippen LogP contribution in [0.4, 0.5) is 0 Å². The van der Waals surface area contributed by atoms with Crippen molar-refractivity contribution in [1.29, 1.82) is 0 Å². The van der Waals surface area contributed by atoms with Crippen molar-refractivity contribution in [2.24, 2.45) is 0 Å². The molecule has 1 aromatic heterocycles. The van der Waals surface area contributed by atoms with E-state index in [4.69, 9.17) is 4.74 Å². The number of amides is 1. The Balaban J connectivity index is 1.25. The summed E-state index contributed by atoms with van der Waals surface area (Å²) in [7, 11) is 0. The van der Waals surface area contributed by atoms with Gasteiger partial charge in [0.1, 0.15) is 5.75 Å². The maximum Gasteiger partial charge on any atom is 0.232 e. The van der Waals surface area contributed by atoms with Crippen LogP contribution in [0.5, 0.6) is 5.75 Å². The van der Waals surface area contributed by atoms with Crippen LogP contribution in [0.1, 0.15) is 18.3 Å².